The predicted molar refractivity (Wildman–Crippen MR) is 112 cm³/mol. The molecule has 1 aromatic heterocycles. The van der Waals surface area contributed by atoms with E-state index in [1.807, 2.05) is 12.1 Å². The summed E-state index contributed by atoms with van der Waals surface area (Å²) >= 11 is 0. The molecule has 7 nitrogen and oxygen atoms in total. The Labute approximate surface area is 186 Å². The third-order valence-electron chi connectivity index (χ3n) is 5.15. The first-order chi connectivity index (χ1) is 15.9. The van der Waals surface area contributed by atoms with Crippen molar-refractivity contribution >= 4 is 12.5 Å². The van der Waals surface area contributed by atoms with Crippen molar-refractivity contribution in [2.24, 2.45) is 4.99 Å². The number of aliphatic imine (C=N–C) groups is 1. The Kier molecular flexibility index (Phi) is 6.16. The summed E-state index contributed by atoms with van der Waals surface area (Å²) in [6.45, 7) is -1.11. The highest BCUT2D eigenvalue weighted by atomic mass is 19.3. The second-order valence-electron chi connectivity index (χ2n) is 7.21. The number of carbonyl (C=O) groups is 1. The van der Waals surface area contributed by atoms with Gasteiger partial charge in [-0.05, 0) is 53.4 Å². The van der Waals surface area contributed by atoms with E-state index in [4.69, 9.17) is 4.74 Å². The first-order valence-electron chi connectivity index (χ1n) is 9.76. The minimum Gasteiger partial charge on any atom is -0.460 e. The number of halogens is 3. The second-order valence-corrected chi connectivity index (χ2v) is 7.21. The van der Waals surface area contributed by atoms with Crippen molar-refractivity contribution < 1.29 is 32.3 Å². The number of hydrogen-bond acceptors (Lipinski definition) is 7. The van der Waals surface area contributed by atoms with Crippen molar-refractivity contribution in [3.8, 4) is 16.9 Å². The molecule has 1 aliphatic heterocycles. The van der Waals surface area contributed by atoms with Gasteiger partial charge in [0.25, 0.3) is 0 Å². The van der Waals surface area contributed by atoms with E-state index >= 15 is 0 Å². The summed E-state index contributed by atoms with van der Waals surface area (Å²) in [5.74, 6) is -0.438. The number of pyridine rings is 1. The number of rotatable bonds is 7. The zero-order chi connectivity index (χ0) is 23.4. The van der Waals surface area contributed by atoms with Gasteiger partial charge in [0.1, 0.15) is 18.2 Å². The summed E-state index contributed by atoms with van der Waals surface area (Å²) in [6, 6.07) is 13.2. The Hall–Kier alpha value is -4.08. The highest BCUT2D eigenvalue weighted by Crippen LogP contribution is 2.40. The lowest BCUT2D eigenvalue weighted by Crippen LogP contribution is -2.27. The molecule has 2 aromatic carbocycles. The second kappa shape index (κ2) is 9.19. The van der Waals surface area contributed by atoms with Gasteiger partial charge in [-0.2, -0.15) is 14.3 Å². The summed E-state index contributed by atoms with van der Waals surface area (Å²) in [5.41, 5.74) is 4.22. The third-order valence-corrected chi connectivity index (χ3v) is 5.15. The highest BCUT2D eigenvalue weighted by molar-refractivity contribution is 5.77. The molecule has 3 aromatic rings. The number of benzene rings is 2. The van der Waals surface area contributed by atoms with E-state index in [1.54, 1.807) is 31.2 Å². The molecule has 1 atom stereocenters. The Morgan fingerprint density at radius 1 is 1.12 bits per heavy atom. The number of hydrogen-bond donors (Lipinski definition) is 1. The molecule has 33 heavy (non-hydrogen) atoms. The van der Waals surface area contributed by atoms with Gasteiger partial charge in [0.15, 0.2) is 5.54 Å². The van der Waals surface area contributed by atoms with E-state index < -0.39 is 18.0 Å². The maximum atomic E-state index is 13.7. The predicted octanol–water partition coefficient (Wildman–Crippen LogP) is 4.10. The van der Waals surface area contributed by atoms with Crippen LogP contribution in [0.2, 0.25) is 0 Å². The largest absolute Gasteiger partial charge is 0.460 e. The molecule has 4 rings (SSSR count). The number of alkyl halides is 2. The van der Waals surface area contributed by atoms with Crippen molar-refractivity contribution in [2.45, 2.75) is 19.1 Å². The fourth-order valence-electron chi connectivity index (χ4n) is 3.66. The molecule has 1 N–H and O–H groups in total. The molecule has 0 bridgehead atoms. The topological polar surface area (TPSA) is 82.0 Å². The van der Waals surface area contributed by atoms with Gasteiger partial charge >= 0.3 is 19.1 Å². The third kappa shape index (κ3) is 4.59. The van der Waals surface area contributed by atoms with Crippen molar-refractivity contribution in [1.82, 2.24) is 10.5 Å². The van der Waals surface area contributed by atoms with Crippen molar-refractivity contribution in [3.63, 3.8) is 0 Å². The molecule has 1 unspecified atom stereocenters. The lowest BCUT2D eigenvalue weighted by atomic mass is 9.82. The van der Waals surface area contributed by atoms with Gasteiger partial charge in [-0.25, -0.2) is 9.38 Å². The van der Waals surface area contributed by atoms with Crippen molar-refractivity contribution in [2.75, 3.05) is 6.61 Å². The molecule has 10 heteroatoms. The summed E-state index contributed by atoms with van der Waals surface area (Å²) in [4.78, 5) is 23.6. The quantitative estimate of drug-likeness (QED) is 0.425. The number of nitrogens with zero attached hydrogens (tertiary/aromatic N) is 2. The SMILES string of the molecule is Cc1cc(C2(c3cccc(-c4cncc(F)c4)c3)COC(NOC=O)=N2)ccc1OC(F)F. The van der Waals surface area contributed by atoms with Crippen LogP contribution < -0.4 is 10.2 Å². The lowest BCUT2D eigenvalue weighted by Gasteiger charge is -2.26. The molecule has 0 radical (unpaired) electrons. The number of carbonyl (C=O) groups excluding carboxylic acids is 1. The summed E-state index contributed by atoms with van der Waals surface area (Å²) in [6.07, 6.45) is 2.65. The van der Waals surface area contributed by atoms with Gasteiger partial charge in [0, 0.05) is 11.8 Å². The van der Waals surface area contributed by atoms with Crippen LogP contribution in [0.3, 0.4) is 0 Å². The number of amidine groups is 1. The summed E-state index contributed by atoms with van der Waals surface area (Å²) in [7, 11) is 0. The molecule has 0 spiro atoms. The molecular weight excluding hydrogens is 439 g/mol. The number of nitrogens with one attached hydrogen (secondary N) is 1. The number of aromatic nitrogens is 1. The standard InChI is InChI=1S/C23H18F3N3O4/c1-14-7-18(5-6-20(14)33-21(25)26)23(12-31-22(28-23)29-32-13-30)17-4-2-3-15(8-17)16-9-19(24)11-27-10-16/h2-11,13,21H,12H2,1H3,(H,28,29). The van der Waals surface area contributed by atoms with Gasteiger partial charge in [0.05, 0.1) is 6.20 Å². The molecule has 1 aliphatic rings. The van der Waals surface area contributed by atoms with Gasteiger partial charge in [0.2, 0.25) is 0 Å². The molecule has 0 amide bonds. The van der Waals surface area contributed by atoms with Crippen LogP contribution in [0.5, 0.6) is 5.75 Å². The normalized spacial score (nSPS) is 17.3. The molecule has 2 heterocycles. The van der Waals surface area contributed by atoms with E-state index in [-0.39, 0.29) is 24.9 Å². The van der Waals surface area contributed by atoms with Crippen LogP contribution in [0.25, 0.3) is 11.1 Å². The average molecular weight is 457 g/mol. The van der Waals surface area contributed by atoms with Gasteiger partial charge < -0.3 is 14.3 Å². The van der Waals surface area contributed by atoms with E-state index in [1.165, 1.54) is 18.3 Å². The van der Waals surface area contributed by atoms with Crippen LogP contribution in [0.4, 0.5) is 13.2 Å². The van der Waals surface area contributed by atoms with Crippen LogP contribution in [0.1, 0.15) is 16.7 Å². The van der Waals surface area contributed by atoms with E-state index in [2.05, 4.69) is 25.0 Å². The number of aryl methyl sites for hydroxylation is 1. The maximum Gasteiger partial charge on any atom is 0.387 e. The number of hydroxylamine groups is 1. The van der Waals surface area contributed by atoms with Crippen LogP contribution in [0, 0.1) is 12.7 Å². The first-order valence-corrected chi connectivity index (χ1v) is 9.76. The molecule has 0 fully saturated rings. The lowest BCUT2D eigenvalue weighted by molar-refractivity contribution is -0.132. The van der Waals surface area contributed by atoms with Gasteiger partial charge in [-0.3, -0.25) is 9.78 Å². The van der Waals surface area contributed by atoms with E-state index in [0.29, 0.717) is 27.8 Å². The molecular formula is C23H18F3N3O4. The highest BCUT2D eigenvalue weighted by Gasteiger charge is 2.41. The summed E-state index contributed by atoms with van der Waals surface area (Å²) < 4.78 is 49.3. The van der Waals surface area contributed by atoms with Crippen molar-refractivity contribution in [1.29, 1.82) is 0 Å². The van der Waals surface area contributed by atoms with Gasteiger partial charge in [-0.1, -0.05) is 24.3 Å². The smallest absolute Gasteiger partial charge is 0.387 e. The monoisotopic (exact) mass is 457 g/mol. The minimum atomic E-state index is -2.95. The summed E-state index contributed by atoms with van der Waals surface area (Å²) in [5, 5.41) is 0. The van der Waals surface area contributed by atoms with Crippen LogP contribution >= 0.6 is 0 Å². The van der Waals surface area contributed by atoms with Crippen LogP contribution in [-0.4, -0.2) is 30.7 Å². The Morgan fingerprint density at radius 2 is 1.94 bits per heavy atom. The van der Waals surface area contributed by atoms with Crippen LogP contribution in [0.15, 0.2) is 65.9 Å². The first kappa shape index (κ1) is 22.1. The molecule has 170 valence electrons. The minimum absolute atomic E-state index is 0.0247. The Morgan fingerprint density at radius 3 is 2.67 bits per heavy atom. The fraction of sp³-hybridized carbons (Fsp3) is 0.174. The number of ether oxygens (including phenoxy) is 2. The zero-order valence-corrected chi connectivity index (χ0v) is 17.3. The van der Waals surface area contributed by atoms with Crippen molar-refractivity contribution in [3.05, 3.63) is 83.4 Å². The zero-order valence-electron chi connectivity index (χ0n) is 17.3. The molecule has 0 aliphatic carbocycles. The maximum absolute atomic E-state index is 13.7. The molecule has 0 saturated heterocycles. The van der Waals surface area contributed by atoms with E-state index in [9.17, 15) is 18.0 Å². The Bertz CT molecular complexity index is 1210. The molecule has 0 saturated carbocycles. The fourth-order valence-corrected chi connectivity index (χ4v) is 3.66. The Balaban J connectivity index is 1.82. The average Bonchev–Trinajstić information content (AvgIpc) is 3.24. The van der Waals surface area contributed by atoms with Crippen LogP contribution in [-0.2, 0) is 19.9 Å². The van der Waals surface area contributed by atoms with E-state index in [0.717, 1.165) is 6.20 Å². The van der Waals surface area contributed by atoms with Gasteiger partial charge in [-0.15, -0.1) is 0 Å².